The van der Waals surface area contributed by atoms with Crippen molar-refractivity contribution in [1.29, 1.82) is 0 Å². The maximum absolute atomic E-state index is 11.5. The topological polar surface area (TPSA) is 34.9 Å². The first-order valence-corrected chi connectivity index (χ1v) is 6.24. The Morgan fingerprint density at radius 3 is 2.47 bits per heavy atom. The second-order valence-corrected chi connectivity index (χ2v) is 5.15. The Morgan fingerprint density at radius 1 is 1.35 bits per heavy atom. The molecule has 0 aliphatic rings. The summed E-state index contributed by atoms with van der Waals surface area (Å²) in [5, 5.41) is 0.784. The van der Waals surface area contributed by atoms with Gasteiger partial charge in [-0.3, -0.25) is 9.78 Å². The molecule has 3 nitrogen and oxygen atoms in total. The second-order valence-electron chi connectivity index (χ2n) is 3.42. The van der Waals surface area contributed by atoms with Gasteiger partial charge in [-0.2, -0.15) is 0 Å². The van der Waals surface area contributed by atoms with E-state index in [1.165, 1.54) is 19.3 Å². The van der Waals surface area contributed by atoms with Crippen molar-refractivity contribution in [3.63, 3.8) is 0 Å². The Kier molecular flexibility index (Phi) is 3.56. The highest BCUT2D eigenvalue weighted by molar-refractivity contribution is 9.10. The minimum absolute atomic E-state index is 0.0698. The third-order valence-electron chi connectivity index (χ3n) is 2.22. The molecule has 0 bridgehead atoms. The molecule has 6 heteroatoms. The van der Waals surface area contributed by atoms with Crippen LogP contribution in [-0.4, -0.2) is 15.3 Å². The monoisotopic (exact) mass is 332 g/mol. The lowest BCUT2D eigenvalue weighted by molar-refractivity contribution is 0.101. The number of Topliss-reactive ketones (excluding diaryl/α,β-unsaturated/α-hetero) is 1. The second kappa shape index (κ2) is 4.80. The summed E-state index contributed by atoms with van der Waals surface area (Å²) in [7, 11) is 0. The molecule has 0 saturated heterocycles. The van der Waals surface area contributed by atoms with Gasteiger partial charge in [0.25, 0.3) is 0 Å². The number of carbonyl (C=O) groups is 1. The lowest BCUT2D eigenvalue weighted by Crippen LogP contribution is -2.04. The summed E-state index contributed by atoms with van der Waals surface area (Å²) in [6.45, 7) is 1.49. The molecule has 17 heavy (non-hydrogen) atoms. The van der Waals surface area contributed by atoms with Crippen LogP contribution in [0.25, 0.3) is 5.69 Å². The Balaban J connectivity index is 2.72. The molecule has 2 aromatic rings. The van der Waals surface area contributed by atoms with Crippen molar-refractivity contribution in [1.82, 2.24) is 9.55 Å². The first kappa shape index (κ1) is 12.6. The van der Waals surface area contributed by atoms with Crippen LogP contribution in [0.15, 0.2) is 29.1 Å². The summed E-state index contributed by atoms with van der Waals surface area (Å²) in [6.07, 6.45) is 4.71. The molecule has 2 heterocycles. The number of ketones is 1. The lowest BCUT2D eigenvalue weighted by Gasteiger charge is -2.10. The quantitative estimate of drug-likeness (QED) is 0.774. The van der Waals surface area contributed by atoms with Crippen molar-refractivity contribution in [2.45, 2.75) is 6.92 Å². The van der Waals surface area contributed by atoms with E-state index < -0.39 is 0 Å². The fourth-order valence-electron chi connectivity index (χ4n) is 1.52. The first-order valence-electron chi connectivity index (χ1n) is 4.69. The summed E-state index contributed by atoms with van der Waals surface area (Å²) in [5.41, 5.74) is 1.06. The van der Waals surface area contributed by atoms with Crippen molar-refractivity contribution in [2.24, 2.45) is 0 Å². The van der Waals surface area contributed by atoms with Gasteiger partial charge in [0.15, 0.2) is 5.78 Å². The average molecular weight is 334 g/mol. The minimum atomic E-state index is -0.0698. The maximum Gasteiger partial charge on any atom is 0.176 e. The van der Waals surface area contributed by atoms with Crippen LogP contribution in [0.5, 0.6) is 0 Å². The van der Waals surface area contributed by atoms with Gasteiger partial charge in [0, 0.05) is 30.0 Å². The summed E-state index contributed by atoms with van der Waals surface area (Å²) in [5.74, 6) is -0.0698. The normalized spacial score (nSPS) is 10.6. The number of pyridine rings is 1. The smallest absolute Gasteiger partial charge is 0.176 e. The Labute approximate surface area is 116 Å². The minimum Gasteiger partial charge on any atom is -0.310 e. The molecule has 0 saturated carbocycles. The average Bonchev–Trinajstić information content (AvgIpc) is 2.60. The molecule has 0 spiro atoms. The molecule has 2 rings (SSSR count). The molecule has 0 aromatic carbocycles. The molecule has 0 aliphatic carbocycles. The molecule has 2 aromatic heterocycles. The van der Waals surface area contributed by atoms with Crippen molar-refractivity contribution in [3.05, 3.63) is 44.9 Å². The van der Waals surface area contributed by atoms with E-state index in [4.69, 9.17) is 23.2 Å². The van der Waals surface area contributed by atoms with Gasteiger partial charge in [-0.05, 0) is 22.0 Å². The van der Waals surface area contributed by atoms with E-state index in [1.54, 1.807) is 16.8 Å². The number of aromatic nitrogens is 2. The first-order chi connectivity index (χ1) is 8.00. The molecular weight excluding hydrogens is 327 g/mol. The van der Waals surface area contributed by atoms with Gasteiger partial charge in [0.05, 0.1) is 21.4 Å². The molecule has 0 fully saturated rings. The molecule has 88 valence electrons. The van der Waals surface area contributed by atoms with Crippen LogP contribution in [-0.2, 0) is 0 Å². The summed E-state index contributed by atoms with van der Waals surface area (Å²) in [4.78, 5) is 15.4. The summed E-state index contributed by atoms with van der Waals surface area (Å²) < 4.78 is 2.44. The van der Waals surface area contributed by atoms with E-state index >= 15 is 0 Å². The zero-order valence-corrected chi connectivity index (χ0v) is 11.8. The van der Waals surface area contributed by atoms with Crippen LogP contribution in [0.4, 0.5) is 0 Å². The van der Waals surface area contributed by atoms with E-state index in [0.29, 0.717) is 21.4 Å². The third-order valence-corrected chi connectivity index (χ3v) is 3.20. The zero-order chi connectivity index (χ0) is 12.6. The van der Waals surface area contributed by atoms with Gasteiger partial charge >= 0.3 is 0 Å². The van der Waals surface area contributed by atoms with Crippen LogP contribution < -0.4 is 0 Å². The molecule has 0 amide bonds. The van der Waals surface area contributed by atoms with E-state index in [2.05, 4.69) is 20.9 Å². The van der Waals surface area contributed by atoms with Crippen LogP contribution in [0.3, 0.4) is 0 Å². The van der Waals surface area contributed by atoms with E-state index in [1.807, 2.05) is 0 Å². The summed E-state index contributed by atoms with van der Waals surface area (Å²) in [6, 6.07) is 1.72. The predicted octanol–water partition coefficient (Wildman–Crippen LogP) is 4.14. The summed E-state index contributed by atoms with van der Waals surface area (Å²) >= 11 is 15.4. The number of nitrogens with zero attached hydrogens (tertiary/aromatic N) is 2. The number of hydrogen-bond donors (Lipinski definition) is 0. The van der Waals surface area contributed by atoms with Crippen LogP contribution >= 0.6 is 39.1 Å². The number of carbonyl (C=O) groups excluding carboxylic acids is 1. The van der Waals surface area contributed by atoms with E-state index in [9.17, 15) is 4.79 Å². The van der Waals surface area contributed by atoms with Crippen molar-refractivity contribution in [2.75, 3.05) is 0 Å². The Bertz CT molecular complexity index is 575. The van der Waals surface area contributed by atoms with Crippen molar-refractivity contribution in [3.8, 4) is 5.69 Å². The van der Waals surface area contributed by atoms with Gasteiger partial charge in [0.1, 0.15) is 0 Å². The van der Waals surface area contributed by atoms with Crippen molar-refractivity contribution >= 4 is 44.9 Å². The maximum atomic E-state index is 11.5. The molecule has 0 N–H and O–H groups in total. The van der Waals surface area contributed by atoms with Gasteiger partial charge < -0.3 is 4.57 Å². The van der Waals surface area contributed by atoms with Gasteiger partial charge in [-0.25, -0.2) is 0 Å². The Hall–Kier alpha value is -0.840. The Morgan fingerprint density at radius 2 is 1.94 bits per heavy atom. The molecule has 0 aliphatic heterocycles. The highest BCUT2D eigenvalue weighted by Crippen LogP contribution is 2.30. The lowest BCUT2D eigenvalue weighted by atomic mass is 10.3. The third kappa shape index (κ3) is 2.39. The highest BCUT2D eigenvalue weighted by Gasteiger charge is 2.15. The number of hydrogen-bond acceptors (Lipinski definition) is 2. The highest BCUT2D eigenvalue weighted by atomic mass is 79.9. The zero-order valence-electron chi connectivity index (χ0n) is 8.75. The largest absolute Gasteiger partial charge is 0.310 e. The molecule has 0 radical (unpaired) electrons. The fraction of sp³-hybridized carbons (Fsp3) is 0.0909. The number of halogens is 3. The predicted molar refractivity (Wildman–Crippen MR) is 71.3 cm³/mol. The van der Waals surface area contributed by atoms with Crippen LogP contribution in [0, 0.1) is 0 Å². The fourth-order valence-corrected chi connectivity index (χ4v) is 2.49. The van der Waals surface area contributed by atoms with Gasteiger partial charge in [-0.1, -0.05) is 23.2 Å². The van der Waals surface area contributed by atoms with E-state index in [-0.39, 0.29) is 5.78 Å². The van der Waals surface area contributed by atoms with Crippen molar-refractivity contribution < 1.29 is 4.79 Å². The van der Waals surface area contributed by atoms with Gasteiger partial charge in [-0.15, -0.1) is 0 Å². The molecule has 0 unspecified atom stereocenters. The van der Waals surface area contributed by atoms with Gasteiger partial charge in [0.2, 0.25) is 0 Å². The molecular formula is C11H7BrCl2N2O. The van der Waals surface area contributed by atoms with E-state index in [0.717, 1.165) is 4.47 Å². The van der Waals surface area contributed by atoms with Crippen LogP contribution in [0.1, 0.15) is 17.4 Å². The SMILES string of the molecule is CC(=O)c1cc(Br)cn1-c1c(Cl)cncc1Cl. The van der Waals surface area contributed by atoms with Crippen LogP contribution in [0.2, 0.25) is 10.0 Å². The standard InChI is InChI=1S/C11H7BrCl2N2O/c1-6(17)10-2-7(12)5-16(10)11-8(13)3-15-4-9(11)14/h2-5H,1H3. The molecule has 0 atom stereocenters. The number of rotatable bonds is 2.